The van der Waals surface area contributed by atoms with Crippen molar-refractivity contribution in [3.05, 3.63) is 36.7 Å². The van der Waals surface area contributed by atoms with Gasteiger partial charge < -0.3 is 15.2 Å². The zero-order valence-electron chi connectivity index (χ0n) is 10.5. The van der Waals surface area contributed by atoms with E-state index in [4.69, 9.17) is 5.73 Å². The standard InChI is InChI=1S/C13H8F2N4O2/c14-13(15)20-10-2-1-7(5-11(10)21-13)19-9-3-4-17-6-8(9)18-12(19)16/h1-6H,(H2,16,18). The Kier molecular flexibility index (Phi) is 2.16. The first-order valence-electron chi connectivity index (χ1n) is 6.02. The van der Waals surface area contributed by atoms with Gasteiger partial charge in [0.05, 0.1) is 17.4 Å². The van der Waals surface area contributed by atoms with Gasteiger partial charge in [0, 0.05) is 12.3 Å². The van der Waals surface area contributed by atoms with Crippen molar-refractivity contribution in [2.45, 2.75) is 6.29 Å². The van der Waals surface area contributed by atoms with Gasteiger partial charge in [-0.3, -0.25) is 9.55 Å². The molecule has 0 amide bonds. The molecular weight excluding hydrogens is 282 g/mol. The van der Waals surface area contributed by atoms with E-state index in [0.717, 1.165) is 0 Å². The van der Waals surface area contributed by atoms with Crippen LogP contribution in [0.2, 0.25) is 0 Å². The fraction of sp³-hybridized carbons (Fsp3) is 0.0769. The van der Waals surface area contributed by atoms with Crippen molar-refractivity contribution >= 4 is 17.0 Å². The molecule has 0 saturated carbocycles. The van der Waals surface area contributed by atoms with Gasteiger partial charge in [0.15, 0.2) is 11.5 Å². The Labute approximate surface area is 116 Å². The first-order chi connectivity index (χ1) is 10.0. The van der Waals surface area contributed by atoms with Gasteiger partial charge in [0.25, 0.3) is 0 Å². The number of anilines is 1. The number of fused-ring (bicyclic) bond motifs is 2. The van der Waals surface area contributed by atoms with Crippen LogP contribution in [0.1, 0.15) is 0 Å². The first kappa shape index (κ1) is 11.9. The molecule has 1 aliphatic heterocycles. The minimum Gasteiger partial charge on any atom is -0.395 e. The third-order valence-corrected chi connectivity index (χ3v) is 3.13. The van der Waals surface area contributed by atoms with Crippen LogP contribution in [0.5, 0.6) is 11.5 Å². The van der Waals surface area contributed by atoms with Gasteiger partial charge in [-0.25, -0.2) is 4.98 Å². The van der Waals surface area contributed by atoms with Gasteiger partial charge in [-0.1, -0.05) is 0 Å². The molecule has 1 aromatic carbocycles. The molecule has 106 valence electrons. The summed E-state index contributed by atoms with van der Waals surface area (Å²) in [4.78, 5) is 8.13. The van der Waals surface area contributed by atoms with E-state index in [0.29, 0.717) is 16.7 Å². The summed E-state index contributed by atoms with van der Waals surface area (Å²) in [6.45, 7) is 0. The summed E-state index contributed by atoms with van der Waals surface area (Å²) in [7, 11) is 0. The maximum atomic E-state index is 13.0. The lowest BCUT2D eigenvalue weighted by molar-refractivity contribution is -0.286. The molecule has 0 fully saturated rings. The number of nitrogens with zero attached hydrogens (tertiary/aromatic N) is 3. The molecule has 3 aromatic rings. The fourth-order valence-electron chi connectivity index (χ4n) is 2.30. The van der Waals surface area contributed by atoms with Crippen LogP contribution in [0, 0.1) is 0 Å². The molecule has 8 heteroatoms. The molecule has 6 nitrogen and oxygen atoms in total. The van der Waals surface area contributed by atoms with Crippen LogP contribution in [0.25, 0.3) is 16.7 Å². The number of aromatic nitrogens is 3. The van der Waals surface area contributed by atoms with Crippen LogP contribution in [-0.4, -0.2) is 20.8 Å². The number of pyridine rings is 1. The van der Waals surface area contributed by atoms with Gasteiger partial charge in [0.1, 0.15) is 5.52 Å². The molecule has 0 spiro atoms. The van der Waals surface area contributed by atoms with E-state index in [1.807, 2.05) is 0 Å². The summed E-state index contributed by atoms with van der Waals surface area (Å²) in [6, 6.07) is 6.16. The van der Waals surface area contributed by atoms with Crippen LogP contribution in [0.3, 0.4) is 0 Å². The third kappa shape index (κ3) is 1.76. The smallest absolute Gasteiger partial charge is 0.395 e. The van der Waals surface area contributed by atoms with Gasteiger partial charge >= 0.3 is 6.29 Å². The highest BCUT2D eigenvalue weighted by Gasteiger charge is 2.43. The minimum atomic E-state index is -3.65. The summed E-state index contributed by atoms with van der Waals surface area (Å²) in [6.07, 6.45) is -0.474. The zero-order valence-corrected chi connectivity index (χ0v) is 10.5. The lowest BCUT2D eigenvalue weighted by Crippen LogP contribution is -2.25. The lowest BCUT2D eigenvalue weighted by atomic mass is 10.2. The molecule has 0 bridgehead atoms. The van der Waals surface area contributed by atoms with Gasteiger partial charge in [-0.05, 0) is 18.2 Å². The van der Waals surface area contributed by atoms with Crippen molar-refractivity contribution in [2.75, 3.05) is 5.73 Å². The maximum absolute atomic E-state index is 13.0. The lowest BCUT2D eigenvalue weighted by Gasteiger charge is -2.07. The second-order valence-electron chi connectivity index (χ2n) is 4.47. The molecule has 3 heterocycles. The Morgan fingerprint density at radius 3 is 2.81 bits per heavy atom. The SMILES string of the molecule is Nc1nc2cnccc2n1-c1ccc2c(c1)OC(F)(F)O2. The van der Waals surface area contributed by atoms with Crippen molar-refractivity contribution in [3.8, 4) is 17.2 Å². The molecule has 0 radical (unpaired) electrons. The molecule has 0 saturated heterocycles. The van der Waals surface area contributed by atoms with E-state index < -0.39 is 6.29 Å². The molecule has 4 rings (SSSR count). The van der Waals surface area contributed by atoms with Crippen LogP contribution in [-0.2, 0) is 0 Å². The third-order valence-electron chi connectivity index (χ3n) is 3.13. The monoisotopic (exact) mass is 290 g/mol. The van der Waals surface area contributed by atoms with Gasteiger partial charge in [-0.2, -0.15) is 0 Å². The van der Waals surface area contributed by atoms with Gasteiger partial charge in [-0.15, -0.1) is 8.78 Å². The average molecular weight is 290 g/mol. The quantitative estimate of drug-likeness (QED) is 0.744. The number of hydrogen-bond acceptors (Lipinski definition) is 5. The Bertz CT molecular complexity index is 862. The second kappa shape index (κ2) is 3.81. The van der Waals surface area contributed by atoms with E-state index in [1.165, 1.54) is 12.1 Å². The predicted molar refractivity (Wildman–Crippen MR) is 69.5 cm³/mol. The van der Waals surface area contributed by atoms with Crippen molar-refractivity contribution in [3.63, 3.8) is 0 Å². The molecule has 2 N–H and O–H groups in total. The number of alkyl halides is 2. The molecular formula is C13H8F2N4O2. The first-order valence-corrected chi connectivity index (χ1v) is 6.02. The number of benzene rings is 1. The predicted octanol–water partition coefficient (Wildman–Crippen LogP) is 2.32. The molecule has 0 aliphatic carbocycles. The van der Waals surface area contributed by atoms with E-state index in [9.17, 15) is 8.78 Å². The van der Waals surface area contributed by atoms with Crippen molar-refractivity contribution in [1.29, 1.82) is 0 Å². The zero-order chi connectivity index (χ0) is 14.6. The maximum Gasteiger partial charge on any atom is 0.586 e. The van der Waals surface area contributed by atoms with E-state index >= 15 is 0 Å². The molecule has 0 atom stereocenters. The number of imidazole rings is 1. The molecule has 21 heavy (non-hydrogen) atoms. The molecule has 1 aliphatic rings. The minimum absolute atomic E-state index is 0.0200. The molecule has 0 unspecified atom stereocenters. The summed E-state index contributed by atoms with van der Waals surface area (Å²) in [5.74, 6) is 0.157. The van der Waals surface area contributed by atoms with Crippen LogP contribution >= 0.6 is 0 Å². The highest BCUT2D eigenvalue weighted by atomic mass is 19.3. The normalized spacial score (nSPS) is 15.5. The topological polar surface area (TPSA) is 75.2 Å². The van der Waals surface area contributed by atoms with E-state index in [1.54, 1.807) is 29.1 Å². The van der Waals surface area contributed by atoms with Crippen LogP contribution < -0.4 is 15.2 Å². The number of halogens is 2. The number of rotatable bonds is 1. The van der Waals surface area contributed by atoms with Crippen LogP contribution in [0.15, 0.2) is 36.7 Å². The number of hydrogen-bond donors (Lipinski definition) is 1. The number of ether oxygens (including phenoxy) is 2. The summed E-state index contributed by atoms with van der Waals surface area (Å²) in [5.41, 5.74) is 7.76. The largest absolute Gasteiger partial charge is 0.586 e. The second-order valence-corrected chi connectivity index (χ2v) is 4.47. The summed E-state index contributed by atoms with van der Waals surface area (Å²) >= 11 is 0. The van der Waals surface area contributed by atoms with Crippen molar-refractivity contribution < 1.29 is 18.3 Å². The Balaban J connectivity index is 1.89. The Morgan fingerprint density at radius 1 is 1.14 bits per heavy atom. The summed E-state index contributed by atoms with van der Waals surface area (Å²) in [5, 5.41) is 0. The van der Waals surface area contributed by atoms with E-state index in [-0.39, 0.29) is 17.4 Å². The van der Waals surface area contributed by atoms with Crippen molar-refractivity contribution in [2.24, 2.45) is 0 Å². The van der Waals surface area contributed by atoms with Crippen molar-refractivity contribution in [1.82, 2.24) is 14.5 Å². The average Bonchev–Trinajstić information content (AvgIpc) is 2.91. The highest BCUT2D eigenvalue weighted by molar-refractivity contribution is 5.80. The molecule has 2 aromatic heterocycles. The van der Waals surface area contributed by atoms with E-state index in [2.05, 4.69) is 19.4 Å². The van der Waals surface area contributed by atoms with Crippen LogP contribution in [0.4, 0.5) is 14.7 Å². The fourth-order valence-corrected chi connectivity index (χ4v) is 2.30. The number of nitrogens with two attached hydrogens (primary N) is 1. The summed E-state index contributed by atoms with van der Waals surface area (Å²) < 4.78 is 36.5. The highest BCUT2D eigenvalue weighted by Crippen LogP contribution is 2.42. The Morgan fingerprint density at radius 2 is 1.95 bits per heavy atom. The Hall–Kier alpha value is -2.90. The number of nitrogen functional groups attached to an aromatic ring is 1. The van der Waals surface area contributed by atoms with Gasteiger partial charge in [0.2, 0.25) is 5.95 Å².